The number of aromatic nitrogens is 2. The topological polar surface area (TPSA) is 55.0 Å². The Morgan fingerprint density at radius 2 is 2.23 bits per heavy atom. The Morgan fingerprint density at radius 3 is 3.00 bits per heavy atom. The summed E-state index contributed by atoms with van der Waals surface area (Å²) in [6.07, 6.45) is 4.36. The molecule has 0 unspecified atom stereocenters. The predicted molar refractivity (Wildman–Crippen MR) is 51.7 cm³/mol. The zero-order chi connectivity index (χ0) is 9.68. The molecule has 1 aromatic heterocycles. The van der Waals surface area contributed by atoms with Crippen molar-refractivity contribution >= 4 is 0 Å². The summed E-state index contributed by atoms with van der Waals surface area (Å²) in [6.45, 7) is 5.67. The summed E-state index contributed by atoms with van der Waals surface area (Å²) in [5.74, 6) is 5.63. The van der Waals surface area contributed by atoms with Crippen LogP contribution in [0.4, 0.5) is 0 Å². The molecule has 0 amide bonds. The summed E-state index contributed by atoms with van der Waals surface area (Å²) < 4.78 is 0. The van der Waals surface area contributed by atoms with Crippen LogP contribution in [0.15, 0.2) is 12.5 Å². The molecule has 0 fully saturated rings. The quantitative estimate of drug-likeness (QED) is 0.598. The van der Waals surface area contributed by atoms with E-state index >= 15 is 0 Å². The average molecular weight is 180 g/mol. The maximum absolute atomic E-state index is 5.63. The first kappa shape index (κ1) is 10.1. The van der Waals surface area contributed by atoms with Crippen molar-refractivity contribution in [3.05, 3.63) is 23.8 Å². The predicted octanol–water partition coefficient (Wildman–Crippen LogP) is 0.735. The number of hydrazine groups is 1. The summed E-state index contributed by atoms with van der Waals surface area (Å²) in [5, 5.41) is 1.78. The minimum atomic E-state index is 0.774. The third-order valence-electron chi connectivity index (χ3n) is 1.89. The number of hydrogen-bond donors (Lipinski definition) is 1. The van der Waals surface area contributed by atoms with Crippen LogP contribution in [0.3, 0.4) is 0 Å². The van der Waals surface area contributed by atoms with Gasteiger partial charge in [-0.15, -0.1) is 0 Å². The van der Waals surface area contributed by atoms with Gasteiger partial charge in [-0.25, -0.2) is 15.0 Å². The van der Waals surface area contributed by atoms with Crippen molar-refractivity contribution in [2.24, 2.45) is 5.84 Å². The van der Waals surface area contributed by atoms with Crippen LogP contribution in [-0.4, -0.2) is 21.5 Å². The molecule has 1 aromatic rings. The Hall–Kier alpha value is -1.00. The van der Waals surface area contributed by atoms with Gasteiger partial charge in [0.05, 0.1) is 0 Å². The van der Waals surface area contributed by atoms with Gasteiger partial charge in [0.1, 0.15) is 6.33 Å². The van der Waals surface area contributed by atoms with Crippen LogP contribution >= 0.6 is 0 Å². The van der Waals surface area contributed by atoms with Gasteiger partial charge in [-0.1, -0.05) is 13.8 Å². The van der Waals surface area contributed by atoms with Gasteiger partial charge >= 0.3 is 0 Å². The minimum Gasteiger partial charge on any atom is -0.268 e. The van der Waals surface area contributed by atoms with Gasteiger partial charge in [0.2, 0.25) is 0 Å². The van der Waals surface area contributed by atoms with Crippen molar-refractivity contribution in [2.45, 2.75) is 26.8 Å². The Balaban J connectivity index is 0.000000396. The molecule has 2 heterocycles. The molecule has 4 nitrogen and oxygen atoms in total. The molecule has 0 bridgehead atoms. The van der Waals surface area contributed by atoms with Crippen molar-refractivity contribution in [3.8, 4) is 0 Å². The maximum atomic E-state index is 5.63. The summed E-state index contributed by atoms with van der Waals surface area (Å²) >= 11 is 0. The summed E-state index contributed by atoms with van der Waals surface area (Å²) in [5.41, 5.74) is 2.29. The maximum Gasteiger partial charge on any atom is 0.115 e. The van der Waals surface area contributed by atoms with Crippen LogP contribution < -0.4 is 5.84 Å². The Bertz CT molecular complexity index is 262. The highest BCUT2D eigenvalue weighted by atomic mass is 15.4. The minimum absolute atomic E-state index is 0.774. The van der Waals surface area contributed by atoms with Crippen molar-refractivity contribution in [1.29, 1.82) is 0 Å². The molecule has 1 aliphatic rings. The van der Waals surface area contributed by atoms with E-state index < -0.39 is 0 Å². The second-order valence-electron chi connectivity index (χ2n) is 2.72. The van der Waals surface area contributed by atoms with Gasteiger partial charge in [0.25, 0.3) is 0 Å². The second-order valence-corrected chi connectivity index (χ2v) is 2.72. The fourth-order valence-electron chi connectivity index (χ4n) is 1.29. The molecule has 72 valence electrons. The van der Waals surface area contributed by atoms with Gasteiger partial charge in [0.15, 0.2) is 0 Å². The van der Waals surface area contributed by atoms with Crippen LogP contribution in [0.1, 0.15) is 25.1 Å². The molecule has 4 heteroatoms. The standard InChI is InChI=1S/C7H10N4.C2H6/c8-11-2-1-7-6(4-11)3-9-5-10-7;1-2/h3,5H,1-2,4,8H2;1-2H3. The Kier molecular flexibility index (Phi) is 3.79. The normalized spacial score (nSPS) is 15.6. The first-order chi connectivity index (χ1) is 6.36. The van der Waals surface area contributed by atoms with E-state index in [4.69, 9.17) is 5.84 Å². The molecule has 0 saturated carbocycles. The molecule has 0 atom stereocenters. The number of nitrogens with zero attached hydrogens (tertiary/aromatic N) is 3. The molecule has 13 heavy (non-hydrogen) atoms. The number of fused-ring (bicyclic) bond motifs is 1. The lowest BCUT2D eigenvalue weighted by Gasteiger charge is -2.22. The Labute approximate surface area is 78.8 Å². The molecule has 1 aliphatic heterocycles. The third kappa shape index (κ3) is 2.47. The van der Waals surface area contributed by atoms with Gasteiger partial charge < -0.3 is 0 Å². The lowest BCUT2D eigenvalue weighted by atomic mass is 10.1. The molecule has 2 rings (SSSR count). The van der Waals surface area contributed by atoms with Gasteiger partial charge in [-0.05, 0) is 0 Å². The van der Waals surface area contributed by atoms with E-state index in [1.54, 1.807) is 11.3 Å². The molecular formula is C9H16N4. The molecular weight excluding hydrogens is 164 g/mol. The highest BCUT2D eigenvalue weighted by Gasteiger charge is 2.13. The highest BCUT2D eigenvalue weighted by molar-refractivity contribution is 5.18. The second kappa shape index (κ2) is 4.89. The van der Waals surface area contributed by atoms with Crippen molar-refractivity contribution in [2.75, 3.05) is 6.54 Å². The van der Waals surface area contributed by atoms with Gasteiger partial charge in [-0.3, -0.25) is 5.84 Å². The van der Waals surface area contributed by atoms with E-state index in [-0.39, 0.29) is 0 Å². The van der Waals surface area contributed by atoms with Crippen LogP contribution in [-0.2, 0) is 13.0 Å². The lowest BCUT2D eigenvalue weighted by Crippen LogP contribution is -2.36. The van der Waals surface area contributed by atoms with Crippen molar-refractivity contribution < 1.29 is 0 Å². The fraction of sp³-hybridized carbons (Fsp3) is 0.556. The van der Waals surface area contributed by atoms with E-state index in [1.165, 1.54) is 0 Å². The SMILES string of the molecule is CC.NN1CCc2ncncc2C1. The molecule has 0 saturated heterocycles. The monoisotopic (exact) mass is 180 g/mol. The van der Waals surface area contributed by atoms with Crippen LogP contribution in [0.2, 0.25) is 0 Å². The zero-order valence-electron chi connectivity index (χ0n) is 8.20. The van der Waals surface area contributed by atoms with Crippen LogP contribution in [0.5, 0.6) is 0 Å². The smallest absolute Gasteiger partial charge is 0.115 e. The number of rotatable bonds is 0. The van der Waals surface area contributed by atoms with Gasteiger partial charge in [0, 0.05) is 37.0 Å². The molecule has 0 radical (unpaired) electrons. The lowest BCUT2D eigenvalue weighted by molar-refractivity contribution is 0.259. The first-order valence-electron chi connectivity index (χ1n) is 4.63. The molecule has 0 aromatic carbocycles. The van der Waals surface area contributed by atoms with Crippen LogP contribution in [0.25, 0.3) is 0 Å². The van der Waals surface area contributed by atoms with Crippen LogP contribution in [0, 0.1) is 0 Å². The van der Waals surface area contributed by atoms with Gasteiger partial charge in [-0.2, -0.15) is 0 Å². The molecule has 0 aliphatic carbocycles. The fourth-order valence-corrected chi connectivity index (χ4v) is 1.29. The van der Waals surface area contributed by atoms with E-state index in [1.807, 2.05) is 20.0 Å². The molecule has 0 spiro atoms. The third-order valence-corrected chi connectivity index (χ3v) is 1.89. The highest BCUT2D eigenvalue weighted by Crippen LogP contribution is 2.11. The summed E-state index contributed by atoms with van der Waals surface area (Å²) in [6, 6.07) is 0. The summed E-state index contributed by atoms with van der Waals surface area (Å²) in [4.78, 5) is 8.10. The first-order valence-corrected chi connectivity index (χ1v) is 4.63. The van der Waals surface area contributed by atoms with E-state index in [0.29, 0.717) is 0 Å². The average Bonchev–Trinajstić information content (AvgIpc) is 2.21. The largest absolute Gasteiger partial charge is 0.268 e. The molecule has 2 N–H and O–H groups in total. The number of nitrogens with two attached hydrogens (primary N) is 1. The summed E-state index contributed by atoms with van der Waals surface area (Å²) in [7, 11) is 0. The number of hydrogen-bond acceptors (Lipinski definition) is 4. The Morgan fingerprint density at radius 1 is 1.46 bits per heavy atom. The van der Waals surface area contributed by atoms with Crippen molar-refractivity contribution in [1.82, 2.24) is 15.0 Å². The van der Waals surface area contributed by atoms with E-state index in [0.717, 1.165) is 30.8 Å². The van der Waals surface area contributed by atoms with E-state index in [9.17, 15) is 0 Å². The van der Waals surface area contributed by atoms with E-state index in [2.05, 4.69) is 9.97 Å². The van der Waals surface area contributed by atoms with Crippen molar-refractivity contribution in [3.63, 3.8) is 0 Å². The zero-order valence-corrected chi connectivity index (χ0v) is 8.20.